The van der Waals surface area contributed by atoms with Crippen molar-refractivity contribution < 1.29 is 14.3 Å². The summed E-state index contributed by atoms with van der Waals surface area (Å²) in [6.07, 6.45) is 6.19. The fraction of sp³-hybridized carbons (Fsp3) is 0.375. The molecular formula is C24H27N5O3S. The normalized spacial score (nSPS) is 15.5. The van der Waals surface area contributed by atoms with Crippen LogP contribution in [0.1, 0.15) is 41.9 Å². The van der Waals surface area contributed by atoms with Gasteiger partial charge >= 0.3 is 0 Å². The lowest BCUT2D eigenvalue weighted by Crippen LogP contribution is -2.32. The number of thiocarbonyl (C=S) groups is 1. The number of benzene rings is 1. The van der Waals surface area contributed by atoms with Crippen LogP contribution in [-0.2, 0) is 6.54 Å². The highest BCUT2D eigenvalue weighted by Gasteiger charge is 2.26. The summed E-state index contributed by atoms with van der Waals surface area (Å²) >= 11 is 5.67. The topological polar surface area (TPSA) is 82.4 Å². The molecule has 1 aliphatic heterocycles. The Morgan fingerprint density at radius 3 is 2.97 bits per heavy atom. The van der Waals surface area contributed by atoms with Crippen molar-refractivity contribution >= 4 is 28.8 Å². The Morgan fingerprint density at radius 2 is 2.12 bits per heavy atom. The first-order valence-electron chi connectivity index (χ1n) is 11.0. The average molecular weight is 466 g/mol. The lowest BCUT2D eigenvalue weighted by atomic mass is 10.0. The minimum absolute atomic E-state index is 0.0483. The van der Waals surface area contributed by atoms with E-state index < -0.39 is 0 Å². The van der Waals surface area contributed by atoms with Crippen molar-refractivity contribution in [1.82, 2.24) is 19.7 Å². The number of pyridine rings is 1. The number of hydrogen-bond acceptors (Lipinski definition) is 7. The molecule has 0 radical (unpaired) electrons. The van der Waals surface area contributed by atoms with Gasteiger partial charge in [-0.25, -0.2) is 14.6 Å². The van der Waals surface area contributed by atoms with Crippen LogP contribution in [0, 0.1) is 5.92 Å². The molecule has 0 spiro atoms. The lowest BCUT2D eigenvalue weighted by Gasteiger charge is -2.21. The smallest absolute Gasteiger partial charge is 0.217 e. The molecule has 1 atom stereocenters. The summed E-state index contributed by atoms with van der Waals surface area (Å²) in [5.74, 6) is 2.59. The van der Waals surface area contributed by atoms with Crippen molar-refractivity contribution in [3.8, 4) is 11.5 Å². The third-order valence-corrected chi connectivity index (χ3v) is 6.27. The van der Waals surface area contributed by atoms with Crippen molar-refractivity contribution in [2.24, 2.45) is 5.92 Å². The summed E-state index contributed by atoms with van der Waals surface area (Å²) < 4.78 is 12.8. The Hall–Kier alpha value is -3.33. The molecular weight excluding hydrogens is 438 g/mol. The van der Waals surface area contributed by atoms with Gasteiger partial charge in [0, 0.05) is 25.6 Å². The van der Waals surface area contributed by atoms with Crippen molar-refractivity contribution in [3.63, 3.8) is 0 Å². The zero-order valence-corrected chi connectivity index (χ0v) is 19.6. The van der Waals surface area contributed by atoms with Gasteiger partial charge in [-0.15, -0.1) is 5.10 Å². The van der Waals surface area contributed by atoms with Crippen molar-refractivity contribution in [2.45, 2.75) is 32.2 Å². The number of carbonyl (C=O) groups is 1. The number of anilines is 1. The largest absolute Gasteiger partial charge is 0.497 e. The van der Waals surface area contributed by atoms with Crippen LogP contribution in [0.25, 0.3) is 0 Å². The molecule has 0 amide bonds. The van der Waals surface area contributed by atoms with Crippen LogP contribution < -0.4 is 14.4 Å². The molecule has 8 nitrogen and oxygen atoms in total. The SMILES string of the molecule is COc1cccc(Cn2cnc(C(=O)CCCCC3COc4cccnc4N(C)C3=S)n2)c1. The maximum atomic E-state index is 12.6. The number of unbranched alkanes of at least 4 members (excludes halogenated alkanes) is 1. The molecule has 1 aromatic carbocycles. The zero-order chi connectivity index (χ0) is 23.2. The van der Waals surface area contributed by atoms with E-state index in [0.29, 0.717) is 19.6 Å². The van der Waals surface area contributed by atoms with Gasteiger partial charge in [-0.05, 0) is 42.7 Å². The van der Waals surface area contributed by atoms with Gasteiger partial charge in [0.15, 0.2) is 11.6 Å². The molecule has 1 aliphatic rings. The van der Waals surface area contributed by atoms with Crippen LogP contribution in [0.4, 0.5) is 5.82 Å². The average Bonchev–Trinajstić information content (AvgIpc) is 3.27. The lowest BCUT2D eigenvalue weighted by molar-refractivity contribution is 0.0968. The standard InChI is InChI=1S/C24H27N5O3S/c1-28-23-21(11-6-12-25-23)32-15-18(24(28)33)8-3-4-10-20(30)22-26-16-29(27-22)14-17-7-5-9-19(13-17)31-2/h5-7,9,11-13,16,18H,3-4,8,10,14-15H2,1-2H3. The summed E-state index contributed by atoms with van der Waals surface area (Å²) in [7, 11) is 3.56. The number of methoxy groups -OCH3 is 1. The van der Waals surface area contributed by atoms with Crippen LogP contribution in [0.2, 0.25) is 0 Å². The fourth-order valence-corrected chi connectivity index (χ4v) is 4.11. The summed E-state index contributed by atoms with van der Waals surface area (Å²) in [6, 6.07) is 11.5. The van der Waals surface area contributed by atoms with Gasteiger partial charge in [-0.1, -0.05) is 30.8 Å². The summed E-state index contributed by atoms with van der Waals surface area (Å²) in [4.78, 5) is 23.9. The van der Waals surface area contributed by atoms with Crippen LogP contribution in [0.5, 0.6) is 11.5 Å². The number of hydrogen-bond donors (Lipinski definition) is 0. The van der Waals surface area contributed by atoms with Crippen molar-refractivity contribution in [3.05, 3.63) is 60.3 Å². The van der Waals surface area contributed by atoms with E-state index in [9.17, 15) is 4.79 Å². The predicted octanol–water partition coefficient (Wildman–Crippen LogP) is 3.95. The molecule has 172 valence electrons. The molecule has 33 heavy (non-hydrogen) atoms. The second-order valence-corrected chi connectivity index (χ2v) is 8.43. The number of carbonyl (C=O) groups excluding carboxylic acids is 1. The fourth-order valence-electron chi connectivity index (χ4n) is 3.84. The third kappa shape index (κ3) is 5.54. The second-order valence-electron chi connectivity index (χ2n) is 8.02. The first kappa shape index (κ1) is 22.8. The number of rotatable bonds is 9. The first-order valence-corrected chi connectivity index (χ1v) is 11.4. The number of aromatic nitrogens is 4. The molecule has 0 bridgehead atoms. The summed E-state index contributed by atoms with van der Waals surface area (Å²) in [6.45, 7) is 1.05. The van der Waals surface area contributed by atoms with Gasteiger partial charge in [-0.3, -0.25) is 4.79 Å². The predicted molar refractivity (Wildman–Crippen MR) is 129 cm³/mol. The van der Waals surface area contributed by atoms with E-state index in [1.165, 1.54) is 0 Å². The minimum atomic E-state index is -0.0483. The summed E-state index contributed by atoms with van der Waals surface area (Å²) in [5, 5.41) is 4.35. The maximum absolute atomic E-state index is 12.6. The van der Waals surface area contributed by atoms with Gasteiger partial charge in [0.05, 0.1) is 25.2 Å². The molecule has 4 rings (SSSR count). The van der Waals surface area contributed by atoms with E-state index in [1.807, 2.05) is 48.3 Å². The van der Waals surface area contributed by atoms with Gasteiger partial charge in [0.25, 0.3) is 0 Å². The monoisotopic (exact) mass is 465 g/mol. The van der Waals surface area contributed by atoms with Crippen molar-refractivity contribution in [2.75, 3.05) is 25.7 Å². The first-order chi connectivity index (χ1) is 16.0. The van der Waals surface area contributed by atoms with Gasteiger partial charge in [0.1, 0.15) is 12.1 Å². The van der Waals surface area contributed by atoms with Crippen LogP contribution in [0.3, 0.4) is 0 Å². The number of nitrogens with zero attached hydrogens (tertiary/aromatic N) is 5. The highest BCUT2D eigenvalue weighted by Crippen LogP contribution is 2.31. The molecule has 1 unspecified atom stereocenters. The number of Topliss-reactive ketones (excluding diaryl/α,β-unsaturated/α-hetero) is 1. The Morgan fingerprint density at radius 1 is 1.24 bits per heavy atom. The molecule has 2 aromatic heterocycles. The van der Waals surface area contributed by atoms with E-state index in [-0.39, 0.29) is 17.5 Å². The van der Waals surface area contributed by atoms with E-state index in [1.54, 1.807) is 24.3 Å². The Bertz CT molecular complexity index is 1130. The van der Waals surface area contributed by atoms with E-state index in [2.05, 4.69) is 15.1 Å². The highest BCUT2D eigenvalue weighted by molar-refractivity contribution is 7.80. The molecule has 3 heterocycles. The molecule has 0 N–H and O–H groups in total. The van der Waals surface area contributed by atoms with Crippen LogP contribution in [0.15, 0.2) is 48.9 Å². The van der Waals surface area contributed by atoms with E-state index in [4.69, 9.17) is 21.7 Å². The number of ether oxygens (including phenoxy) is 2. The Balaban J connectivity index is 1.25. The van der Waals surface area contributed by atoms with Gasteiger partial charge in [-0.2, -0.15) is 0 Å². The summed E-state index contributed by atoms with van der Waals surface area (Å²) in [5.41, 5.74) is 1.03. The zero-order valence-electron chi connectivity index (χ0n) is 18.8. The van der Waals surface area contributed by atoms with Gasteiger partial charge in [0.2, 0.25) is 11.6 Å². The molecule has 0 fully saturated rings. The Kier molecular flexibility index (Phi) is 7.29. The molecule has 0 saturated carbocycles. The van der Waals surface area contributed by atoms with E-state index in [0.717, 1.165) is 47.1 Å². The second kappa shape index (κ2) is 10.5. The molecule has 0 aliphatic carbocycles. The molecule has 0 saturated heterocycles. The molecule has 9 heteroatoms. The van der Waals surface area contributed by atoms with Crippen molar-refractivity contribution in [1.29, 1.82) is 0 Å². The molecule has 3 aromatic rings. The maximum Gasteiger partial charge on any atom is 0.217 e. The number of ketones is 1. The van der Waals surface area contributed by atoms with E-state index >= 15 is 0 Å². The van der Waals surface area contributed by atoms with Gasteiger partial charge < -0.3 is 14.4 Å². The minimum Gasteiger partial charge on any atom is -0.497 e. The third-order valence-electron chi connectivity index (χ3n) is 5.66. The number of fused-ring (bicyclic) bond motifs is 1. The van der Waals surface area contributed by atoms with Crippen LogP contribution in [-0.4, -0.2) is 51.3 Å². The Labute approximate surface area is 198 Å². The highest BCUT2D eigenvalue weighted by atomic mass is 32.1. The van der Waals surface area contributed by atoms with Crippen LogP contribution >= 0.6 is 12.2 Å². The quantitative estimate of drug-likeness (QED) is 0.267.